The van der Waals surface area contributed by atoms with Crippen LogP contribution in [-0.2, 0) is 0 Å². The summed E-state index contributed by atoms with van der Waals surface area (Å²) in [6.45, 7) is 6.56. The Morgan fingerprint density at radius 1 is 1.16 bits per heavy atom. The van der Waals surface area contributed by atoms with Crippen LogP contribution in [0.3, 0.4) is 0 Å². The maximum absolute atomic E-state index is 12.6. The lowest BCUT2D eigenvalue weighted by Crippen LogP contribution is -2.49. The number of carbonyl (C=O) groups is 1. The van der Waals surface area contributed by atoms with Gasteiger partial charge < -0.3 is 18.7 Å². The van der Waals surface area contributed by atoms with Crippen molar-refractivity contribution in [2.24, 2.45) is 0 Å². The van der Waals surface area contributed by atoms with Crippen LogP contribution in [0.2, 0.25) is 0 Å². The van der Waals surface area contributed by atoms with Crippen molar-refractivity contribution in [2.75, 3.05) is 31.1 Å². The Morgan fingerprint density at radius 3 is 2.60 bits per heavy atom. The van der Waals surface area contributed by atoms with Gasteiger partial charge in [-0.3, -0.25) is 4.79 Å². The normalized spacial score (nSPS) is 15.3. The zero-order valence-electron chi connectivity index (χ0n) is 14.3. The van der Waals surface area contributed by atoms with E-state index >= 15 is 0 Å². The van der Waals surface area contributed by atoms with Crippen molar-refractivity contribution in [3.8, 4) is 0 Å². The van der Waals surface area contributed by atoms with Crippen LogP contribution in [0.1, 0.15) is 36.0 Å². The van der Waals surface area contributed by atoms with Crippen LogP contribution in [0.25, 0.3) is 11.1 Å². The van der Waals surface area contributed by atoms with Gasteiger partial charge in [0, 0.05) is 38.2 Å². The molecule has 0 spiro atoms. The van der Waals surface area contributed by atoms with Gasteiger partial charge in [-0.25, -0.2) is 0 Å². The van der Waals surface area contributed by atoms with E-state index < -0.39 is 0 Å². The van der Waals surface area contributed by atoms with Gasteiger partial charge in [-0.2, -0.15) is 4.98 Å². The third kappa shape index (κ3) is 2.97. The molecule has 130 valence electrons. The molecule has 7 heteroatoms. The van der Waals surface area contributed by atoms with E-state index in [9.17, 15) is 4.79 Å². The summed E-state index contributed by atoms with van der Waals surface area (Å²) in [7, 11) is 0. The van der Waals surface area contributed by atoms with Crippen LogP contribution < -0.4 is 4.90 Å². The van der Waals surface area contributed by atoms with Crippen LogP contribution in [0.5, 0.6) is 0 Å². The SMILES string of the molecule is CC(C)c1cc(C(=O)N2CCN(c3nc4ccccc4o3)CC2)no1. The van der Waals surface area contributed by atoms with Gasteiger partial charge in [0.25, 0.3) is 11.9 Å². The molecule has 1 aliphatic rings. The van der Waals surface area contributed by atoms with Crippen molar-refractivity contribution in [2.45, 2.75) is 19.8 Å². The van der Waals surface area contributed by atoms with Crippen molar-refractivity contribution in [1.82, 2.24) is 15.0 Å². The van der Waals surface area contributed by atoms with Gasteiger partial charge >= 0.3 is 0 Å². The minimum absolute atomic E-state index is 0.0899. The Kier molecular flexibility index (Phi) is 3.91. The fraction of sp³-hybridized carbons (Fsp3) is 0.389. The summed E-state index contributed by atoms with van der Waals surface area (Å²) < 4.78 is 11.0. The maximum Gasteiger partial charge on any atom is 0.298 e. The minimum Gasteiger partial charge on any atom is -0.423 e. The second-order valence-electron chi connectivity index (χ2n) is 6.51. The molecule has 1 aromatic carbocycles. The standard InChI is InChI=1S/C18H20N4O3/c1-12(2)16-11-14(20-25-16)17(23)21-7-9-22(10-8-21)18-19-13-5-3-4-6-15(13)24-18/h3-6,11-12H,7-10H2,1-2H3. The summed E-state index contributed by atoms with van der Waals surface area (Å²) in [6, 6.07) is 10.0. The first-order valence-corrected chi connectivity index (χ1v) is 8.48. The fourth-order valence-electron chi connectivity index (χ4n) is 2.92. The number of anilines is 1. The molecule has 7 nitrogen and oxygen atoms in total. The average Bonchev–Trinajstić information content (AvgIpc) is 3.28. The van der Waals surface area contributed by atoms with Crippen LogP contribution in [0.4, 0.5) is 6.01 Å². The van der Waals surface area contributed by atoms with Crippen LogP contribution in [0, 0.1) is 0 Å². The van der Waals surface area contributed by atoms with Crippen molar-refractivity contribution in [3.05, 3.63) is 41.8 Å². The highest BCUT2D eigenvalue weighted by Crippen LogP contribution is 2.23. The van der Waals surface area contributed by atoms with E-state index in [2.05, 4.69) is 15.0 Å². The molecular formula is C18H20N4O3. The summed E-state index contributed by atoms with van der Waals surface area (Å²) in [4.78, 5) is 20.9. The predicted molar refractivity (Wildman–Crippen MR) is 92.7 cm³/mol. The molecule has 3 heterocycles. The summed E-state index contributed by atoms with van der Waals surface area (Å²) in [5, 5.41) is 3.91. The molecule has 0 saturated carbocycles. The van der Waals surface area contributed by atoms with Crippen LogP contribution in [0.15, 0.2) is 39.3 Å². The molecular weight excluding hydrogens is 320 g/mol. The van der Waals surface area contributed by atoms with E-state index in [0.29, 0.717) is 37.9 Å². The minimum atomic E-state index is -0.0899. The number of aromatic nitrogens is 2. The Labute approximate surface area is 145 Å². The molecule has 0 N–H and O–H groups in total. The summed E-state index contributed by atoms with van der Waals surface area (Å²) in [5.74, 6) is 0.853. The van der Waals surface area contributed by atoms with E-state index in [4.69, 9.17) is 8.94 Å². The summed E-state index contributed by atoms with van der Waals surface area (Å²) in [6.07, 6.45) is 0. The molecule has 1 aliphatic heterocycles. The van der Waals surface area contributed by atoms with Crippen molar-refractivity contribution >= 4 is 23.0 Å². The van der Waals surface area contributed by atoms with E-state index in [1.54, 1.807) is 11.0 Å². The van der Waals surface area contributed by atoms with Gasteiger partial charge in [0.05, 0.1) is 0 Å². The Morgan fingerprint density at radius 2 is 1.92 bits per heavy atom. The highest BCUT2D eigenvalue weighted by molar-refractivity contribution is 5.92. The number of fused-ring (bicyclic) bond motifs is 1. The molecule has 25 heavy (non-hydrogen) atoms. The van der Waals surface area contributed by atoms with Gasteiger partial charge in [0.15, 0.2) is 11.3 Å². The number of rotatable bonds is 3. The zero-order chi connectivity index (χ0) is 17.4. The number of hydrogen-bond acceptors (Lipinski definition) is 6. The highest BCUT2D eigenvalue weighted by atomic mass is 16.5. The van der Waals surface area contributed by atoms with Gasteiger partial charge in [-0.1, -0.05) is 31.1 Å². The molecule has 1 fully saturated rings. The molecule has 0 bridgehead atoms. The molecule has 0 aliphatic carbocycles. The number of oxazole rings is 1. The highest BCUT2D eigenvalue weighted by Gasteiger charge is 2.26. The lowest BCUT2D eigenvalue weighted by molar-refractivity contribution is 0.0734. The number of amides is 1. The number of nitrogens with zero attached hydrogens (tertiary/aromatic N) is 4. The lowest BCUT2D eigenvalue weighted by atomic mass is 10.1. The second kappa shape index (κ2) is 6.23. The molecule has 4 rings (SSSR count). The quantitative estimate of drug-likeness (QED) is 0.730. The molecule has 0 atom stereocenters. The van der Waals surface area contributed by atoms with Crippen molar-refractivity contribution < 1.29 is 13.7 Å². The number of benzene rings is 1. The largest absolute Gasteiger partial charge is 0.423 e. The number of carbonyl (C=O) groups excluding carboxylic acids is 1. The maximum atomic E-state index is 12.6. The molecule has 2 aromatic heterocycles. The first-order chi connectivity index (χ1) is 12.1. The number of hydrogen-bond donors (Lipinski definition) is 0. The molecule has 3 aromatic rings. The topological polar surface area (TPSA) is 75.6 Å². The van der Waals surface area contributed by atoms with E-state index in [0.717, 1.165) is 16.9 Å². The molecule has 0 unspecified atom stereocenters. The Hall–Kier alpha value is -2.83. The van der Waals surface area contributed by atoms with Gasteiger partial charge in [0.1, 0.15) is 11.3 Å². The van der Waals surface area contributed by atoms with Crippen LogP contribution in [-0.4, -0.2) is 47.1 Å². The van der Waals surface area contributed by atoms with Crippen molar-refractivity contribution in [1.29, 1.82) is 0 Å². The number of piperazine rings is 1. The molecule has 1 amide bonds. The Bertz CT molecular complexity index is 858. The van der Waals surface area contributed by atoms with E-state index in [-0.39, 0.29) is 11.8 Å². The average molecular weight is 340 g/mol. The van der Waals surface area contributed by atoms with Crippen molar-refractivity contribution in [3.63, 3.8) is 0 Å². The third-order valence-electron chi connectivity index (χ3n) is 4.44. The lowest BCUT2D eigenvalue weighted by Gasteiger charge is -2.33. The fourth-order valence-corrected chi connectivity index (χ4v) is 2.92. The van der Waals surface area contributed by atoms with Gasteiger partial charge in [0.2, 0.25) is 0 Å². The summed E-state index contributed by atoms with van der Waals surface area (Å²) >= 11 is 0. The smallest absolute Gasteiger partial charge is 0.298 e. The predicted octanol–water partition coefficient (Wildman–Crippen LogP) is 2.90. The van der Waals surface area contributed by atoms with Gasteiger partial charge in [-0.05, 0) is 12.1 Å². The first kappa shape index (κ1) is 15.7. The molecule has 0 radical (unpaired) electrons. The van der Waals surface area contributed by atoms with E-state index in [1.807, 2.05) is 38.1 Å². The Balaban J connectivity index is 1.42. The summed E-state index contributed by atoms with van der Waals surface area (Å²) in [5.41, 5.74) is 2.00. The van der Waals surface area contributed by atoms with E-state index in [1.165, 1.54) is 0 Å². The van der Waals surface area contributed by atoms with Crippen LogP contribution >= 0.6 is 0 Å². The monoisotopic (exact) mass is 340 g/mol. The zero-order valence-corrected chi connectivity index (χ0v) is 14.3. The second-order valence-corrected chi connectivity index (χ2v) is 6.51. The first-order valence-electron chi connectivity index (χ1n) is 8.48. The van der Waals surface area contributed by atoms with Gasteiger partial charge in [-0.15, -0.1) is 0 Å². The third-order valence-corrected chi connectivity index (χ3v) is 4.44. The number of para-hydroxylation sites is 2. The molecule has 1 saturated heterocycles.